The van der Waals surface area contributed by atoms with Crippen molar-refractivity contribution in [3.63, 3.8) is 0 Å². The lowest BCUT2D eigenvalue weighted by molar-refractivity contribution is -0.150. The highest BCUT2D eigenvalue weighted by Crippen LogP contribution is 2.20. The number of esters is 1. The quantitative estimate of drug-likeness (QED) is 0.583. The van der Waals surface area contributed by atoms with Gasteiger partial charge in [0.15, 0.2) is 6.61 Å². The molecule has 0 bridgehead atoms. The molecule has 0 aromatic heterocycles. The van der Waals surface area contributed by atoms with E-state index < -0.39 is 24.5 Å². The Morgan fingerprint density at radius 2 is 1.61 bits per heavy atom. The third-order valence-electron chi connectivity index (χ3n) is 5.32. The molecule has 2 aromatic carbocycles. The molecule has 0 saturated heterocycles. The van der Waals surface area contributed by atoms with Gasteiger partial charge in [0.25, 0.3) is 11.8 Å². The van der Waals surface area contributed by atoms with Gasteiger partial charge in [0.05, 0.1) is 0 Å². The van der Waals surface area contributed by atoms with Gasteiger partial charge in [-0.15, -0.1) is 0 Å². The standard InChI is InChI=1S/C25H32N2O4/c1-6-17(4)19-11-13-20(14-12-19)26-22(28)15-31-25(30)23(16(2)3)27-24(29)21-10-8-7-9-18(21)5/h7-14,16-17,23H,6,15H2,1-5H3,(H,26,28)(H,27,29)/t17-,23+/m1/s1. The molecule has 2 rings (SSSR count). The van der Waals surface area contributed by atoms with E-state index in [-0.39, 0.29) is 11.8 Å². The summed E-state index contributed by atoms with van der Waals surface area (Å²) in [5.41, 5.74) is 3.16. The maximum absolute atomic E-state index is 12.6. The van der Waals surface area contributed by atoms with E-state index in [1.54, 1.807) is 12.1 Å². The first-order chi connectivity index (χ1) is 14.7. The zero-order valence-electron chi connectivity index (χ0n) is 18.9. The van der Waals surface area contributed by atoms with Crippen LogP contribution in [0.1, 0.15) is 61.5 Å². The van der Waals surface area contributed by atoms with Gasteiger partial charge >= 0.3 is 5.97 Å². The largest absolute Gasteiger partial charge is 0.454 e. The van der Waals surface area contributed by atoms with E-state index in [9.17, 15) is 14.4 Å². The maximum Gasteiger partial charge on any atom is 0.329 e. The molecule has 2 N–H and O–H groups in total. The normalized spacial score (nSPS) is 12.7. The highest BCUT2D eigenvalue weighted by molar-refractivity contribution is 5.98. The SMILES string of the molecule is CC[C@@H](C)c1ccc(NC(=O)COC(=O)[C@@H](NC(=O)c2ccccc2C)C(C)C)cc1. The fraction of sp³-hybridized carbons (Fsp3) is 0.400. The summed E-state index contributed by atoms with van der Waals surface area (Å²) < 4.78 is 5.18. The molecule has 166 valence electrons. The second-order valence-corrected chi connectivity index (χ2v) is 8.10. The van der Waals surface area contributed by atoms with Crippen molar-refractivity contribution < 1.29 is 19.1 Å². The Labute approximate surface area is 184 Å². The van der Waals surface area contributed by atoms with Crippen LogP contribution in [0.5, 0.6) is 0 Å². The predicted octanol–water partition coefficient (Wildman–Crippen LogP) is 4.44. The molecule has 0 radical (unpaired) electrons. The van der Waals surface area contributed by atoms with Crippen LogP contribution in [0.3, 0.4) is 0 Å². The average molecular weight is 425 g/mol. The van der Waals surface area contributed by atoms with Gasteiger partial charge in [-0.1, -0.05) is 58.0 Å². The number of aryl methyl sites for hydroxylation is 1. The van der Waals surface area contributed by atoms with Gasteiger partial charge in [-0.25, -0.2) is 4.79 Å². The number of rotatable bonds is 9. The number of amides is 2. The van der Waals surface area contributed by atoms with Gasteiger partial charge < -0.3 is 15.4 Å². The van der Waals surface area contributed by atoms with Crippen molar-refractivity contribution in [2.75, 3.05) is 11.9 Å². The molecular weight excluding hydrogens is 392 g/mol. The molecule has 0 heterocycles. The summed E-state index contributed by atoms with van der Waals surface area (Å²) in [5, 5.41) is 5.44. The van der Waals surface area contributed by atoms with Crippen LogP contribution < -0.4 is 10.6 Å². The Bertz CT molecular complexity index is 906. The Hall–Kier alpha value is -3.15. The summed E-state index contributed by atoms with van der Waals surface area (Å²) in [6.45, 7) is 9.30. The minimum absolute atomic E-state index is 0.198. The van der Waals surface area contributed by atoms with Gasteiger partial charge in [-0.2, -0.15) is 0 Å². The Morgan fingerprint density at radius 3 is 2.19 bits per heavy atom. The molecule has 2 aromatic rings. The summed E-state index contributed by atoms with van der Waals surface area (Å²) in [6.07, 6.45) is 1.04. The van der Waals surface area contributed by atoms with E-state index in [4.69, 9.17) is 4.74 Å². The van der Waals surface area contributed by atoms with Crippen LogP contribution in [0.15, 0.2) is 48.5 Å². The lowest BCUT2D eigenvalue weighted by Crippen LogP contribution is -2.46. The number of hydrogen-bond acceptors (Lipinski definition) is 4. The molecule has 0 aliphatic rings. The van der Waals surface area contributed by atoms with E-state index in [2.05, 4.69) is 24.5 Å². The van der Waals surface area contributed by atoms with E-state index in [1.165, 1.54) is 5.56 Å². The first-order valence-corrected chi connectivity index (χ1v) is 10.7. The molecule has 0 spiro atoms. The Morgan fingerprint density at radius 1 is 0.968 bits per heavy atom. The van der Waals surface area contributed by atoms with E-state index in [0.717, 1.165) is 12.0 Å². The molecule has 0 unspecified atom stereocenters. The third-order valence-corrected chi connectivity index (χ3v) is 5.32. The number of anilines is 1. The zero-order valence-corrected chi connectivity index (χ0v) is 18.9. The fourth-order valence-corrected chi connectivity index (χ4v) is 3.10. The lowest BCUT2D eigenvalue weighted by Gasteiger charge is -2.21. The molecule has 31 heavy (non-hydrogen) atoms. The van der Waals surface area contributed by atoms with Crippen molar-refractivity contribution in [1.29, 1.82) is 0 Å². The molecule has 0 saturated carbocycles. The minimum atomic E-state index is -0.852. The average Bonchev–Trinajstić information content (AvgIpc) is 2.75. The van der Waals surface area contributed by atoms with Crippen LogP contribution in [0.4, 0.5) is 5.69 Å². The lowest BCUT2D eigenvalue weighted by atomic mass is 9.99. The van der Waals surface area contributed by atoms with Crippen LogP contribution in [0.25, 0.3) is 0 Å². The number of hydrogen-bond donors (Lipinski definition) is 2. The van der Waals surface area contributed by atoms with E-state index >= 15 is 0 Å². The van der Waals surface area contributed by atoms with Crippen LogP contribution in [0, 0.1) is 12.8 Å². The fourth-order valence-electron chi connectivity index (χ4n) is 3.10. The number of carbonyl (C=O) groups excluding carboxylic acids is 3. The monoisotopic (exact) mass is 424 g/mol. The first kappa shape index (κ1) is 24.1. The maximum atomic E-state index is 12.6. The van der Waals surface area contributed by atoms with Crippen LogP contribution in [-0.4, -0.2) is 30.4 Å². The van der Waals surface area contributed by atoms with Crippen molar-refractivity contribution in [3.8, 4) is 0 Å². The van der Waals surface area contributed by atoms with Crippen LogP contribution >= 0.6 is 0 Å². The topological polar surface area (TPSA) is 84.5 Å². The summed E-state index contributed by atoms with van der Waals surface area (Å²) in [6, 6.07) is 13.9. The zero-order chi connectivity index (χ0) is 23.0. The summed E-state index contributed by atoms with van der Waals surface area (Å²) in [7, 11) is 0. The van der Waals surface area contributed by atoms with Gasteiger partial charge in [0.2, 0.25) is 0 Å². The summed E-state index contributed by atoms with van der Waals surface area (Å²) >= 11 is 0. The van der Waals surface area contributed by atoms with Gasteiger partial charge in [0.1, 0.15) is 6.04 Å². The Balaban J connectivity index is 1.91. The highest BCUT2D eigenvalue weighted by Gasteiger charge is 2.27. The van der Waals surface area contributed by atoms with Crippen molar-refractivity contribution >= 4 is 23.5 Å². The highest BCUT2D eigenvalue weighted by atomic mass is 16.5. The van der Waals surface area contributed by atoms with Crippen molar-refractivity contribution in [2.45, 2.75) is 53.0 Å². The number of nitrogens with one attached hydrogen (secondary N) is 2. The first-order valence-electron chi connectivity index (χ1n) is 10.7. The van der Waals surface area contributed by atoms with Gasteiger partial charge in [-0.3, -0.25) is 9.59 Å². The van der Waals surface area contributed by atoms with Crippen molar-refractivity contribution in [1.82, 2.24) is 5.32 Å². The summed E-state index contributed by atoms with van der Waals surface area (Å²) in [4.78, 5) is 37.3. The van der Waals surface area contributed by atoms with Crippen molar-refractivity contribution in [2.24, 2.45) is 5.92 Å². The third kappa shape index (κ3) is 6.95. The second-order valence-electron chi connectivity index (χ2n) is 8.10. The molecule has 2 amide bonds. The number of ether oxygens (including phenoxy) is 1. The molecule has 2 atom stereocenters. The molecular formula is C25H32N2O4. The molecule has 6 nitrogen and oxygen atoms in total. The molecule has 0 aliphatic carbocycles. The van der Waals surface area contributed by atoms with Crippen molar-refractivity contribution in [3.05, 3.63) is 65.2 Å². The van der Waals surface area contributed by atoms with Crippen LogP contribution in [0.2, 0.25) is 0 Å². The molecule has 0 fully saturated rings. The molecule has 6 heteroatoms. The second kappa shape index (κ2) is 11.3. The molecule has 0 aliphatic heterocycles. The van der Waals surface area contributed by atoms with E-state index in [1.807, 2.05) is 57.2 Å². The number of carbonyl (C=O) groups is 3. The van der Waals surface area contributed by atoms with Gasteiger partial charge in [0, 0.05) is 11.3 Å². The predicted molar refractivity (Wildman–Crippen MR) is 122 cm³/mol. The number of benzene rings is 2. The minimum Gasteiger partial charge on any atom is -0.454 e. The smallest absolute Gasteiger partial charge is 0.329 e. The Kier molecular flexibility index (Phi) is 8.79. The van der Waals surface area contributed by atoms with Crippen LogP contribution in [-0.2, 0) is 14.3 Å². The summed E-state index contributed by atoms with van der Waals surface area (Å²) in [5.74, 6) is -1.17. The van der Waals surface area contributed by atoms with E-state index in [0.29, 0.717) is 17.2 Å². The van der Waals surface area contributed by atoms with Gasteiger partial charge in [-0.05, 0) is 54.5 Å².